The fourth-order valence-electron chi connectivity index (χ4n) is 1.68. The number of carboxylic acid groups (broad SMARTS) is 1. The second-order valence-corrected chi connectivity index (χ2v) is 5.09. The summed E-state index contributed by atoms with van der Waals surface area (Å²) in [7, 11) is 0. The molecule has 1 N–H and O–H groups in total. The van der Waals surface area contributed by atoms with Crippen LogP contribution in [0.4, 0.5) is 0 Å². The quantitative estimate of drug-likeness (QED) is 0.402. The number of rotatable bonds is 9. The molecule has 2 fully saturated rings. The summed E-state index contributed by atoms with van der Waals surface area (Å²) in [5, 5.41) is 7.89. The van der Waals surface area contributed by atoms with Gasteiger partial charge in [-0.3, -0.25) is 0 Å². The van der Waals surface area contributed by atoms with Gasteiger partial charge in [0.1, 0.15) is 12.2 Å². The fourth-order valence-corrected chi connectivity index (χ4v) is 1.68. The molecule has 0 bridgehead atoms. The van der Waals surface area contributed by atoms with Crippen molar-refractivity contribution in [2.75, 3.05) is 13.2 Å². The highest BCUT2D eigenvalue weighted by Crippen LogP contribution is 2.27. The lowest BCUT2D eigenvalue weighted by atomic mass is 10.1. The van der Waals surface area contributed by atoms with Gasteiger partial charge in [-0.2, -0.15) is 0 Å². The molecule has 0 amide bonds. The molecule has 0 radical (unpaired) electrons. The van der Waals surface area contributed by atoms with E-state index in [0.717, 1.165) is 26.1 Å². The molecule has 2 heterocycles. The lowest BCUT2D eigenvalue weighted by molar-refractivity contribution is -0.132. The maximum Gasteiger partial charge on any atom is 0.330 e. The molecule has 2 aliphatic heterocycles. The third-order valence-electron chi connectivity index (χ3n) is 3.06. The highest BCUT2D eigenvalue weighted by Gasteiger charge is 2.39. The van der Waals surface area contributed by atoms with Gasteiger partial charge in [-0.15, -0.1) is 13.2 Å². The molecule has 0 saturated carbocycles. The summed E-state index contributed by atoms with van der Waals surface area (Å²) in [4.78, 5) is 9.60. The summed E-state index contributed by atoms with van der Waals surface area (Å²) >= 11 is 0. The van der Waals surface area contributed by atoms with Crippen LogP contribution in [-0.2, 0) is 19.0 Å². The van der Waals surface area contributed by atoms with Crippen molar-refractivity contribution in [2.24, 2.45) is 0 Å². The van der Waals surface area contributed by atoms with Gasteiger partial charge in [-0.1, -0.05) is 18.7 Å². The van der Waals surface area contributed by atoms with E-state index in [1.807, 2.05) is 12.2 Å². The smallest absolute Gasteiger partial charge is 0.330 e. The molecule has 0 aromatic carbocycles. The monoisotopic (exact) mass is 296 g/mol. The second-order valence-electron chi connectivity index (χ2n) is 5.09. The number of epoxide rings is 2. The summed E-state index contributed by atoms with van der Waals surface area (Å²) in [6, 6.07) is 0. The molecule has 2 rings (SSSR count). The highest BCUT2D eigenvalue weighted by atomic mass is 16.6. The molecular formula is C16H24O5. The maximum absolute atomic E-state index is 9.60. The molecule has 0 aliphatic carbocycles. The topological polar surface area (TPSA) is 71.6 Å². The minimum atomic E-state index is -0.935. The Balaban J connectivity index is 0.000000315. The summed E-state index contributed by atoms with van der Waals surface area (Å²) in [5.41, 5.74) is 0.176. The van der Waals surface area contributed by atoms with Gasteiger partial charge >= 0.3 is 5.97 Å². The van der Waals surface area contributed by atoms with Gasteiger partial charge in [0.05, 0.1) is 25.4 Å². The van der Waals surface area contributed by atoms with Gasteiger partial charge in [0, 0.05) is 5.57 Å². The van der Waals surface area contributed by atoms with Crippen molar-refractivity contribution in [2.45, 2.75) is 44.2 Å². The van der Waals surface area contributed by atoms with Crippen molar-refractivity contribution in [3.63, 3.8) is 0 Å². The van der Waals surface area contributed by atoms with Gasteiger partial charge in [0.15, 0.2) is 0 Å². The molecular weight excluding hydrogens is 272 g/mol. The summed E-state index contributed by atoms with van der Waals surface area (Å²) < 4.78 is 16.5. The first-order valence-electron chi connectivity index (χ1n) is 6.98. The molecule has 0 aromatic rings. The van der Waals surface area contributed by atoms with E-state index in [9.17, 15) is 4.79 Å². The Morgan fingerprint density at radius 3 is 1.76 bits per heavy atom. The van der Waals surface area contributed by atoms with Gasteiger partial charge in [-0.05, 0) is 19.8 Å². The van der Waals surface area contributed by atoms with Crippen LogP contribution in [0.5, 0.6) is 0 Å². The van der Waals surface area contributed by atoms with Crippen molar-refractivity contribution < 1.29 is 24.1 Å². The second kappa shape index (κ2) is 8.77. The minimum Gasteiger partial charge on any atom is -0.478 e. The predicted molar refractivity (Wildman–Crippen MR) is 80.2 cm³/mol. The van der Waals surface area contributed by atoms with Crippen molar-refractivity contribution in [1.29, 1.82) is 0 Å². The van der Waals surface area contributed by atoms with E-state index < -0.39 is 5.97 Å². The van der Waals surface area contributed by atoms with Crippen LogP contribution in [0, 0.1) is 0 Å². The van der Waals surface area contributed by atoms with Crippen LogP contribution in [0.2, 0.25) is 0 Å². The molecule has 4 atom stereocenters. The highest BCUT2D eigenvalue weighted by molar-refractivity contribution is 5.84. The first-order chi connectivity index (χ1) is 9.99. The zero-order valence-corrected chi connectivity index (χ0v) is 12.5. The number of hydrogen-bond donors (Lipinski definition) is 1. The lowest BCUT2D eigenvalue weighted by Crippen LogP contribution is -2.29. The molecule has 0 aromatic heterocycles. The van der Waals surface area contributed by atoms with Crippen molar-refractivity contribution in [3.05, 3.63) is 37.5 Å². The Labute approximate surface area is 125 Å². The Kier molecular flexibility index (Phi) is 7.36. The van der Waals surface area contributed by atoms with Gasteiger partial charge < -0.3 is 19.3 Å². The van der Waals surface area contributed by atoms with Crippen LogP contribution in [0.1, 0.15) is 19.8 Å². The molecule has 0 spiro atoms. The van der Waals surface area contributed by atoms with E-state index in [1.165, 1.54) is 6.92 Å². The van der Waals surface area contributed by atoms with Gasteiger partial charge in [0.2, 0.25) is 0 Å². The summed E-state index contributed by atoms with van der Waals surface area (Å²) in [6.45, 7) is 13.7. The molecule has 21 heavy (non-hydrogen) atoms. The van der Waals surface area contributed by atoms with E-state index in [2.05, 4.69) is 19.7 Å². The summed E-state index contributed by atoms with van der Waals surface area (Å²) in [5.74, 6) is -0.935. The molecule has 118 valence electrons. The van der Waals surface area contributed by atoms with Crippen LogP contribution in [-0.4, -0.2) is 48.7 Å². The SMILES string of the molecule is C=C(C)C(=O)O.C=CCC(OC(CC=C)C1CO1)C1CO1. The van der Waals surface area contributed by atoms with Crippen molar-refractivity contribution in [3.8, 4) is 0 Å². The first kappa shape index (κ1) is 17.6. The zero-order valence-electron chi connectivity index (χ0n) is 12.5. The van der Waals surface area contributed by atoms with E-state index in [-0.39, 0.29) is 30.0 Å². The molecule has 2 aliphatic rings. The number of aliphatic carboxylic acids is 1. The van der Waals surface area contributed by atoms with Crippen LogP contribution >= 0.6 is 0 Å². The van der Waals surface area contributed by atoms with Crippen LogP contribution in [0.15, 0.2) is 37.5 Å². The molecule has 4 unspecified atom stereocenters. The van der Waals surface area contributed by atoms with E-state index in [4.69, 9.17) is 19.3 Å². The third kappa shape index (κ3) is 7.22. The van der Waals surface area contributed by atoms with Crippen LogP contribution < -0.4 is 0 Å². The zero-order chi connectivity index (χ0) is 15.8. The number of carbonyl (C=O) groups is 1. The largest absolute Gasteiger partial charge is 0.478 e. The predicted octanol–water partition coefficient (Wildman–Crippen LogP) is 2.34. The van der Waals surface area contributed by atoms with Crippen LogP contribution in [0.25, 0.3) is 0 Å². The maximum atomic E-state index is 9.60. The number of ether oxygens (including phenoxy) is 3. The van der Waals surface area contributed by atoms with Gasteiger partial charge in [0.25, 0.3) is 0 Å². The van der Waals surface area contributed by atoms with E-state index in [1.54, 1.807) is 0 Å². The first-order valence-corrected chi connectivity index (χ1v) is 6.98. The fraction of sp³-hybridized carbons (Fsp3) is 0.562. The Hall–Kier alpha value is -1.43. The molecule has 2 saturated heterocycles. The standard InChI is InChI=1S/C12H18O3.C4H6O2/c1-3-5-9(11-7-13-11)15-10(6-4-2)12-8-14-12;1-3(2)4(5)6/h3-4,9-12H,1-2,5-8H2;1H2,2H3,(H,5,6). The summed E-state index contributed by atoms with van der Waals surface area (Å²) in [6.07, 6.45) is 6.23. The van der Waals surface area contributed by atoms with Gasteiger partial charge in [-0.25, -0.2) is 4.79 Å². The van der Waals surface area contributed by atoms with Crippen molar-refractivity contribution in [1.82, 2.24) is 0 Å². The average Bonchev–Trinajstić information content (AvgIpc) is 3.30. The number of hydrogen-bond acceptors (Lipinski definition) is 4. The average molecular weight is 296 g/mol. The van der Waals surface area contributed by atoms with Crippen LogP contribution in [0.3, 0.4) is 0 Å². The lowest BCUT2D eigenvalue weighted by Gasteiger charge is -2.20. The van der Waals surface area contributed by atoms with E-state index in [0.29, 0.717) is 0 Å². The molecule has 5 heteroatoms. The Bertz CT molecular complexity index is 346. The number of carboxylic acids is 1. The minimum absolute atomic E-state index is 0.136. The Morgan fingerprint density at radius 1 is 1.24 bits per heavy atom. The van der Waals surface area contributed by atoms with E-state index >= 15 is 0 Å². The normalized spacial score (nSPS) is 24.8. The third-order valence-corrected chi connectivity index (χ3v) is 3.06. The van der Waals surface area contributed by atoms with Crippen molar-refractivity contribution >= 4 is 5.97 Å². The Morgan fingerprint density at radius 2 is 1.57 bits per heavy atom. The molecule has 5 nitrogen and oxygen atoms in total.